The molecule has 0 spiro atoms. The Kier molecular flexibility index (Phi) is 5.29. The predicted octanol–water partition coefficient (Wildman–Crippen LogP) is 3.60. The van der Waals surface area contributed by atoms with Gasteiger partial charge in [-0.2, -0.15) is 0 Å². The van der Waals surface area contributed by atoms with Gasteiger partial charge < -0.3 is 15.2 Å². The van der Waals surface area contributed by atoms with Crippen LogP contribution in [0, 0.1) is 11.8 Å². The third kappa shape index (κ3) is 4.01. The zero-order chi connectivity index (χ0) is 17.1. The molecule has 2 heterocycles. The minimum atomic E-state index is 0.0303. The first-order valence-corrected chi connectivity index (χ1v) is 9.08. The Morgan fingerprint density at radius 3 is 3.12 bits per heavy atom. The van der Waals surface area contributed by atoms with Crippen LogP contribution >= 0.6 is 11.6 Å². The minimum Gasteiger partial charge on any atom is -0.356 e. The number of amides is 1. The fraction of sp³-hybridized carbons (Fsp3) is 0.556. The number of nitrogens with zero attached hydrogens (tertiary/aromatic N) is 2. The molecule has 1 aliphatic heterocycles. The molecule has 2 aromatic rings. The largest absolute Gasteiger partial charge is 0.356 e. The third-order valence-electron chi connectivity index (χ3n) is 4.54. The molecule has 1 fully saturated rings. The van der Waals surface area contributed by atoms with E-state index in [9.17, 15) is 4.79 Å². The monoisotopic (exact) mass is 348 g/mol. The summed E-state index contributed by atoms with van der Waals surface area (Å²) in [5, 5.41) is 3.77. The molecular formula is C18H25ClN4O. The fourth-order valence-corrected chi connectivity index (χ4v) is 3.30. The Hall–Kier alpha value is -1.75. The van der Waals surface area contributed by atoms with Gasteiger partial charge in [-0.05, 0) is 43.4 Å². The second kappa shape index (κ2) is 7.43. The number of hydrogen-bond acceptors (Lipinski definition) is 3. The molecule has 1 aromatic carbocycles. The van der Waals surface area contributed by atoms with E-state index in [0.717, 1.165) is 49.3 Å². The number of rotatable bonds is 5. The molecule has 0 unspecified atom stereocenters. The summed E-state index contributed by atoms with van der Waals surface area (Å²) in [5.74, 6) is 1.63. The van der Waals surface area contributed by atoms with Crippen molar-refractivity contribution in [2.75, 3.05) is 24.5 Å². The second-order valence-corrected chi connectivity index (χ2v) is 7.42. The van der Waals surface area contributed by atoms with E-state index < -0.39 is 0 Å². The normalized spacial score (nSPS) is 18.3. The van der Waals surface area contributed by atoms with Gasteiger partial charge in [0.2, 0.25) is 11.9 Å². The molecule has 1 aromatic heterocycles. The van der Waals surface area contributed by atoms with E-state index in [1.54, 1.807) is 0 Å². The summed E-state index contributed by atoms with van der Waals surface area (Å²) in [5.41, 5.74) is 1.83. The van der Waals surface area contributed by atoms with E-state index in [2.05, 4.69) is 34.0 Å². The molecule has 0 aliphatic carbocycles. The summed E-state index contributed by atoms with van der Waals surface area (Å²) in [6, 6.07) is 5.64. The quantitative estimate of drug-likeness (QED) is 0.868. The highest BCUT2D eigenvalue weighted by Gasteiger charge is 2.27. The van der Waals surface area contributed by atoms with Crippen molar-refractivity contribution in [3.05, 3.63) is 23.2 Å². The lowest BCUT2D eigenvalue weighted by Crippen LogP contribution is -2.43. The van der Waals surface area contributed by atoms with Crippen molar-refractivity contribution >= 4 is 34.5 Å². The van der Waals surface area contributed by atoms with Crippen LogP contribution in [0.15, 0.2) is 18.2 Å². The molecule has 0 saturated carbocycles. The molecule has 1 aliphatic rings. The number of aromatic nitrogens is 2. The van der Waals surface area contributed by atoms with Crippen molar-refractivity contribution in [1.29, 1.82) is 0 Å². The standard InChI is InChI=1S/C18H25ClN4O/c1-12(2)7-8-20-17(24)13-4-3-9-23(11-13)18-21-15-6-5-14(19)10-16(15)22-18/h5-6,10,12-13H,3-4,7-9,11H2,1-2H3,(H,20,24)(H,21,22)/t13-/m0/s1. The van der Waals surface area contributed by atoms with Crippen LogP contribution in [0.4, 0.5) is 5.95 Å². The number of piperidine rings is 1. The first-order chi connectivity index (χ1) is 11.5. The molecular weight excluding hydrogens is 324 g/mol. The Labute approximate surface area is 147 Å². The smallest absolute Gasteiger partial charge is 0.224 e. The van der Waals surface area contributed by atoms with Crippen molar-refractivity contribution in [3.63, 3.8) is 0 Å². The lowest BCUT2D eigenvalue weighted by atomic mass is 9.97. The number of benzene rings is 1. The topological polar surface area (TPSA) is 61.0 Å². The Morgan fingerprint density at radius 1 is 1.50 bits per heavy atom. The van der Waals surface area contributed by atoms with Gasteiger partial charge >= 0.3 is 0 Å². The average Bonchev–Trinajstić information content (AvgIpc) is 2.97. The summed E-state index contributed by atoms with van der Waals surface area (Å²) >= 11 is 6.03. The molecule has 2 N–H and O–H groups in total. The highest BCUT2D eigenvalue weighted by Crippen LogP contribution is 2.25. The van der Waals surface area contributed by atoms with Gasteiger partial charge in [0.25, 0.3) is 0 Å². The van der Waals surface area contributed by atoms with Crippen molar-refractivity contribution in [1.82, 2.24) is 15.3 Å². The molecule has 6 heteroatoms. The van der Waals surface area contributed by atoms with Gasteiger partial charge in [-0.15, -0.1) is 0 Å². The van der Waals surface area contributed by atoms with E-state index >= 15 is 0 Å². The Morgan fingerprint density at radius 2 is 2.33 bits per heavy atom. The van der Waals surface area contributed by atoms with E-state index in [4.69, 9.17) is 11.6 Å². The van der Waals surface area contributed by atoms with Gasteiger partial charge in [-0.25, -0.2) is 4.98 Å². The zero-order valence-corrected chi connectivity index (χ0v) is 15.1. The van der Waals surface area contributed by atoms with E-state index in [1.807, 2.05) is 18.2 Å². The number of nitrogens with one attached hydrogen (secondary N) is 2. The van der Waals surface area contributed by atoms with Crippen LogP contribution in [-0.2, 0) is 4.79 Å². The number of carbonyl (C=O) groups is 1. The van der Waals surface area contributed by atoms with Crippen LogP contribution in [0.25, 0.3) is 11.0 Å². The maximum atomic E-state index is 12.4. The van der Waals surface area contributed by atoms with Crippen LogP contribution in [0.3, 0.4) is 0 Å². The molecule has 0 radical (unpaired) electrons. The Balaban J connectivity index is 1.64. The van der Waals surface area contributed by atoms with Gasteiger partial charge in [0, 0.05) is 24.7 Å². The summed E-state index contributed by atoms with van der Waals surface area (Å²) in [7, 11) is 0. The van der Waals surface area contributed by atoms with E-state index in [-0.39, 0.29) is 11.8 Å². The molecule has 3 rings (SSSR count). The van der Waals surface area contributed by atoms with Crippen LogP contribution in [0.5, 0.6) is 0 Å². The number of fused-ring (bicyclic) bond motifs is 1. The van der Waals surface area contributed by atoms with Crippen LogP contribution in [-0.4, -0.2) is 35.5 Å². The summed E-state index contributed by atoms with van der Waals surface area (Å²) in [6.07, 6.45) is 2.96. The predicted molar refractivity (Wildman–Crippen MR) is 98.5 cm³/mol. The van der Waals surface area contributed by atoms with Crippen molar-refractivity contribution < 1.29 is 4.79 Å². The molecule has 1 saturated heterocycles. The minimum absolute atomic E-state index is 0.0303. The van der Waals surface area contributed by atoms with Crippen LogP contribution in [0.2, 0.25) is 5.02 Å². The number of imidazole rings is 1. The van der Waals surface area contributed by atoms with Gasteiger partial charge in [0.1, 0.15) is 0 Å². The third-order valence-corrected chi connectivity index (χ3v) is 4.78. The van der Waals surface area contributed by atoms with E-state index in [0.29, 0.717) is 17.5 Å². The summed E-state index contributed by atoms with van der Waals surface area (Å²) < 4.78 is 0. The Bertz CT molecular complexity index is 712. The molecule has 130 valence electrons. The molecule has 1 amide bonds. The highest BCUT2D eigenvalue weighted by atomic mass is 35.5. The molecule has 5 nitrogen and oxygen atoms in total. The zero-order valence-electron chi connectivity index (χ0n) is 14.3. The molecule has 0 bridgehead atoms. The molecule has 24 heavy (non-hydrogen) atoms. The van der Waals surface area contributed by atoms with Gasteiger partial charge in [0.15, 0.2) is 0 Å². The number of H-pyrrole nitrogens is 1. The van der Waals surface area contributed by atoms with Crippen LogP contribution in [0.1, 0.15) is 33.1 Å². The van der Waals surface area contributed by atoms with Crippen molar-refractivity contribution in [2.45, 2.75) is 33.1 Å². The number of carbonyl (C=O) groups excluding carboxylic acids is 1. The second-order valence-electron chi connectivity index (χ2n) is 6.98. The van der Waals surface area contributed by atoms with Gasteiger partial charge in [-0.3, -0.25) is 4.79 Å². The highest BCUT2D eigenvalue weighted by molar-refractivity contribution is 6.31. The van der Waals surface area contributed by atoms with E-state index in [1.165, 1.54) is 0 Å². The fourth-order valence-electron chi connectivity index (χ4n) is 3.13. The maximum Gasteiger partial charge on any atom is 0.224 e. The maximum absolute atomic E-state index is 12.4. The summed E-state index contributed by atoms with van der Waals surface area (Å²) in [6.45, 7) is 6.73. The van der Waals surface area contributed by atoms with Crippen molar-refractivity contribution in [3.8, 4) is 0 Å². The average molecular weight is 349 g/mol. The lowest BCUT2D eigenvalue weighted by molar-refractivity contribution is -0.125. The van der Waals surface area contributed by atoms with Crippen LogP contribution < -0.4 is 10.2 Å². The number of hydrogen-bond donors (Lipinski definition) is 2. The van der Waals surface area contributed by atoms with Gasteiger partial charge in [0.05, 0.1) is 17.0 Å². The lowest BCUT2D eigenvalue weighted by Gasteiger charge is -2.31. The number of halogens is 1. The molecule has 1 atom stereocenters. The van der Waals surface area contributed by atoms with Crippen molar-refractivity contribution in [2.24, 2.45) is 11.8 Å². The number of aromatic amines is 1. The SMILES string of the molecule is CC(C)CCNC(=O)[C@H]1CCCN(c2nc3ccc(Cl)cc3[nH]2)C1. The first-order valence-electron chi connectivity index (χ1n) is 8.71. The van der Waals surface area contributed by atoms with Gasteiger partial charge in [-0.1, -0.05) is 25.4 Å². The number of anilines is 1. The summed E-state index contributed by atoms with van der Waals surface area (Å²) in [4.78, 5) is 22.5. The first kappa shape index (κ1) is 17.1.